The van der Waals surface area contributed by atoms with Crippen molar-refractivity contribution in [1.29, 1.82) is 0 Å². The minimum atomic E-state index is -2.01. The third-order valence-electron chi connectivity index (χ3n) is 1.96. The van der Waals surface area contributed by atoms with Crippen LogP contribution in [0.25, 0.3) is 0 Å². The normalized spacial score (nSPS) is 11.2. The number of carbonyl (C=O) groups excluding carboxylic acids is 1. The SMILES string of the molecule is CCP(=O)(CC)CCOC(C)=O. The number of hydrogen-bond acceptors (Lipinski definition) is 3. The summed E-state index contributed by atoms with van der Waals surface area (Å²) in [5.41, 5.74) is 0. The highest BCUT2D eigenvalue weighted by Crippen LogP contribution is 2.43. The monoisotopic (exact) mass is 192 g/mol. The van der Waals surface area contributed by atoms with Crippen LogP contribution in [0.2, 0.25) is 0 Å². The second-order valence-corrected chi connectivity index (χ2v) is 6.58. The summed E-state index contributed by atoms with van der Waals surface area (Å²) in [6.45, 7) is 5.49. The van der Waals surface area contributed by atoms with Crippen molar-refractivity contribution in [3.8, 4) is 0 Å². The van der Waals surface area contributed by atoms with Crippen LogP contribution in [0.3, 0.4) is 0 Å². The molecule has 0 rings (SSSR count). The van der Waals surface area contributed by atoms with Crippen molar-refractivity contribution in [3.63, 3.8) is 0 Å². The lowest BCUT2D eigenvalue weighted by Crippen LogP contribution is -2.07. The van der Waals surface area contributed by atoms with E-state index >= 15 is 0 Å². The highest BCUT2D eigenvalue weighted by atomic mass is 31.2. The van der Waals surface area contributed by atoms with Crippen LogP contribution in [0.15, 0.2) is 0 Å². The predicted molar refractivity (Wildman–Crippen MR) is 50.2 cm³/mol. The molecule has 0 aromatic rings. The van der Waals surface area contributed by atoms with Gasteiger partial charge in [-0.2, -0.15) is 0 Å². The van der Waals surface area contributed by atoms with Gasteiger partial charge in [-0.25, -0.2) is 0 Å². The quantitative estimate of drug-likeness (QED) is 0.494. The van der Waals surface area contributed by atoms with Gasteiger partial charge in [-0.15, -0.1) is 0 Å². The van der Waals surface area contributed by atoms with Crippen LogP contribution in [0.1, 0.15) is 20.8 Å². The van der Waals surface area contributed by atoms with Crippen molar-refractivity contribution in [2.75, 3.05) is 25.1 Å². The van der Waals surface area contributed by atoms with Gasteiger partial charge in [0.05, 0.1) is 13.7 Å². The molecule has 0 aromatic heterocycles. The lowest BCUT2D eigenvalue weighted by molar-refractivity contribution is -0.140. The van der Waals surface area contributed by atoms with Gasteiger partial charge in [0.1, 0.15) is 0 Å². The molecule has 0 saturated carbocycles. The lowest BCUT2D eigenvalue weighted by atomic mass is 10.8. The van der Waals surface area contributed by atoms with Gasteiger partial charge in [0.25, 0.3) is 0 Å². The first kappa shape index (κ1) is 11.7. The molecule has 0 aliphatic heterocycles. The van der Waals surface area contributed by atoms with Gasteiger partial charge in [0.2, 0.25) is 0 Å². The van der Waals surface area contributed by atoms with E-state index in [0.29, 0.717) is 25.1 Å². The molecule has 0 bridgehead atoms. The molecule has 0 N–H and O–H groups in total. The van der Waals surface area contributed by atoms with Crippen LogP contribution >= 0.6 is 7.14 Å². The highest BCUT2D eigenvalue weighted by Gasteiger charge is 2.16. The third-order valence-corrected chi connectivity index (χ3v) is 5.26. The Bertz CT molecular complexity index is 181. The molecule has 0 radical (unpaired) electrons. The van der Waals surface area contributed by atoms with Crippen molar-refractivity contribution < 1.29 is 14.1 Å². The van der Waals surface area contributed by atoms with E-state index in [1.165, 1.54) is 6.92 Å². The number of hydrogen-bond donors (Lipinski definition) is 0. The summed E-state index contributed by atoms with van der Waals surface area (Å²) in [6.07, 6.45) is 1.93. The van der Waals surface area contributed by atoms with E-state index in [9.17, 15) is 9.36 Å². The van der Waals surface area contributed by atoms with Gasteiger partial charge in [-0.05, 0) is 12.3 Å². The van der Waals surface area contributed by atoms with Crippen LogP contribution < -0.4 is 0 Å². The molecule has 0 unspecified atom stereocenters. The summed E-state index contributed by atoms with van der Waals surface area (Å²) < 4.78 is 16.5. The summed E-state index contributed by atoms with van der Waals surface area (Å²) in [5.74, 6) is -0.297. The van der Waals surface area contributed by atoms with E-state index < -0.39 is 7.14 Å². The molecule has 0 fully saturated rings. The second kappa shape index (κ2) is 5.36. The molecule has 3 nitrogen and oxygen atoms in total. The maximum Gasteiger partial charge on any atom is 0.302 e. The van der Waals surface area contributed by atoms with Crippen molar-refractivity contribution in [3.05, 3.63) is 0 Å². The number of carbonyl (C=O) groups is 1. The topological polar surface area (TPSA) is 43.4 Å². The second-order valence-electron chi connectivity index (χ2n) is 2.75. The molecule has 0 saturated heterocycles. The zero-order chi connectivity index (χ0) is 9.61. The average Bonchev–Trinajstić information content (AvgIpc) is 2.03. The number of rotatable bonds is 5. The fraction of sp³-hybridized carbons (Fsp3) is 0.875. The Morgan fingerprint density at radius 2 is 1.83 bits per heavy atom. The van der Waals surface area contributed by atoms with Gasteiger partial charge in [0.15, 0.2) is 0 Å². The summed E-state index contributed by atoms with van der Waals surface area (Å²) in [5, 5.41) is 0. The molecule has 0 atom stereocenters. The van der Waals surface area contributed by atoms with Crippen LogP contribution in [-0.4, -0.2) is 31.1 Å². The van der Waals surface area contributed by atoms with E-state index in [4.69, 9.17) is 4.74 Å². The van der Waals surface area contributed by atoms with E-state index in [2.05, 4.69) is 0 Å². The van der Waals surface area contributed by atoms with Gasteiger partial charge in [-0.1, -0.05) is 13.8 Å². The standard InChI is InChI=1S/C8H17O3P/c1-4-12(10,5-2)7-6-11-8(3)9/h4-7H2,1-3H3. The van der Waals surface area contributed by atoms with Crippen LogP contribution in [-0.2, 0) is 14.1 Å². The molecular formula is C8H17O3P. The zero-order valence-corrected chi connectivity index (χ0v) is 8.89. The Hall–Kier alpha value is -0.300. The number of ether oxygens (including phenoxy) is 1. The zero-order valence-electron chi connectivity index (χ0n) is 8.00. The molecule has 0 aromatic carbocycles. The van der Waals surface area contributed by atoms with E-state index in [0.717, 1.165) is 0 Å². The van der Waals surface area contributed by atoms with Gasteiger partial charge >= 0.3 is 5.97 Å². The summed E-state index contributed by atoms with van der Waals surface area (Å²) in [6, 6.07) is 0. The Labute approximate surface area is 73.9 Å². The molecule has 0 aliphatic rings. The van der Waals surface area contributed by atoms with Crippen LogP contribution in [0, 0.1) is 0 Å². The molecular weight excluding hydrogens is 175 g/mol. The predicted octanol–water partition coefficient (Wildman–Crippen LogP) is 1.95. The highest BCUT2D eigenvalue weighted by molar-refractivity contribution is 7.63. The fourth-order valence-corrected chi connectivity index (χ4v) is 2.40. The third kappa shape index (κ3) is 4.55. The van der Waals surface area contributed by atoms with Crippen LogP contribution in [0.4, 0.5) is 0 Å². The first-order valence-corrected chi connectivity index (χ1v) is 6.50. The fourth-order valence-electron chi connectivity index (χ4n) is 0.896. The van der Waals surface area contributed by atoms with Crippen LogP contribution in [0.5, 0.6) is 0 Å². The smallest absolute Gasteiger partial charge is 0.302 e. The number of esters is 1. The maximum atomic E-state index is 11.7. The molecule has 4 heteroatoms. The Kier molecular flexibility index (Phi) is 5.23. The summed E-state index contributed by atoms with van der Waals surface area (Å²) >= 11 is 0. The van der Waals surface area contributed by atoms with Gasteiger partial charge in [0, 0.05) is 13.1 Å². The van der Waals surface area contributed by atoms with Gasteiger partial charge in [-0.3, -0.25) is 4.79 Å². The largest absolute Gasteiger partial charge is 0.465 e. The van der Waals surface area contributed by atoms with Gasteiger partial charge < -0.3 is 9.30 Å². The summed E-state index contributed by atoms with van der Waals surface area (Å²) in [4.78, 5) is 10.4. The Balaban J connectivity index is 3.74. The molecule has 12 heavy (non-hydrogen) atoms. The first-order valence-electron chi connectivity index (χ1n) is 4.24. The molecule has 0 heterocycles. The molecule has 0 spiro atoms. The minimum absolute atomic E-state index is 0.297. The van der Waals surface area contributed by atoms with Crippen molar-refractivity contribution in [2.24, 2.45) is 0 Å². The Morgan fingerprint density at radius 3 is 2.17 bits per heavy atom. The van der Waals surface area contributed by atoms with Crippen molar-refractivity contribution in [2.45, 2.75) is 20.8 Å². The van der Waals surface area contributed by atoms with E-state index in [1.807, 2.05) is 13.8 Å². The minimum Gasteiger partial charge on any atom is -0.465 e. The average molecular weight is 192 g/mol. The molecule has 72 valence electrons. The summed E-state index contributed by atoms with van der Waals surface area (Å²) in [7, 11) is -2.01. The lowest BCUT2D eigenvalue weighted by Gasteiger charge is -2.12. The maximum absolute atomic E-state index is 11.7. The van der Waals surface area contributed by atoms with E-state index in [-0.39, 0.29) is 5.97 Å². The molecule has 0 aliphatic carbocycles. The Morgan fingerprint density at radius 1 is 1.33 bits per heavy atom. The van der Waals surface area contributed by atoms with Crippen molar-refractivity contribution >= 4 is 13.1 Å². The molecule has 0 amide bonds. The first-order chi connectivity index (χ1) is 5.54. The van der Waals surface area contributed by atoms with E-state index in [1.54, 1.807) is 0 Å². The van der Waals surface area contributed by atoms with Crippen molar-refractivity contribution in [1.82, 2.24) is 0 Å².